The molecule has 0 heterocycles. The summed E-state index contributed by atoms with van der Waals surface area (Å²) in [6.07, 6.45) is -5.02. The standard InChI is InChI=1S/C18H16ClF3O4/c1-3-11-7-8-16(14(19)9-11)25-10-12-13(18(20,21)22)5-4-6-15(12)26-17(23)24-2/h4-9H,3,10H2,1-2H3. The van der Waals surface area contributed by atoms with Gasteiger partial charge in [0.1, 0.15) is 18.1 Å². The quantitative estimate of drug-likeness (QED) is 0.490. The van der Waals surface area contributed by atoms with Gasteiger partial charge in [-0.15, -0.1) is 0 Å². The number of aryl methyl sites for hydroxylation is 1. The number of rotatable bonds is 5. The van der Waals surface area contributed by atoms with Crippen molar-refractivity contribution >= 4 is 17.8 Å². The molecule has 0 saturated carbocycles. The third kappa shape index (κ3) is 4.82. The molecule has 0 bridgehead atoms. The molecule has 0 radical (unpaired) electrons. The highest BCUT2D eigenvalue weighted by molar-refractivity contribution is 6.32. The van der Waals surface area contributed by atoms with E-state index in [0.29, 0.717) is 0 Å². The summed E-state index contributed by atoms with van der Waals surface area (Å²) in [5, 5.41) is 0.282. The molecule has 0 atom stereocenters. The first kappa shape index (κ1) is 19.9. The minimum atomic E-state index is -4.65. The first-order valence-corrected chi connectivity index (χ1v) is 8.00. The zero-order valence-corrected chi connectivity index (χ0v) is 14.8. The van der Waals surface area contributed by atoms with Crippen molar-refractivity contribution in [3.05, 3.63) is 58.1 Å². The highest BCUT2D eigenvalue weighted by atomic mass is 35.5. The molecule has 0 N–H and O–H groups in total. The predicted octanol–water partition coefficient (Wildman–Crippen LogP) is 5.65. The topological polar surface area (TPSA) is 44.8 Å². The van der Waals surface area contributed by atoms with Gasteiger partial charge < -0.3 is 14.2 Å². The molecule has 140 valence electrons. The van der Waals surface area contributed by atoms with Crippen LogP contribution in [0.15, 0.2) is 36.4 Å². The Morgan fingerprint density at radius 3 is 2.46 bits per heavy atom. The van der Waals surface area contributed by atoms with Gasteiger partial charge in [-0.1, -0.05) is 30.7 Å². The Kier molecular flexibility index (Phi) is 6.37. The molecule has 26 heavy (non-hydrogen) atoms. The molecule has 0 aromatic heterocycles. The summed E-state index contributed by atoms with van der Waals surface area (Å²) in [7, 11) is 1.06. The Morgan fingerprint density at radius 2 is 1.88 bits per heavy atom. The van der Waals surface area contributed by atoms with Gasteiger partial charge in [0.2, 0.25) is 0 Å². The Labute approximate surface area is 153 Å². The Balaban J connectivity index is 2.35. The van der Waals surface area contributed by atoms with Crippen LogP contribution in [0.1, 0.15) is 23.6 Å². The van der Waals surface area contributed by atoms with Crippen molar-refractivity contribution in [2.24, 2.45) is 0 Å². The van der Waals surface area contributed by atoms with Crippen molar-refractivity contribution in [3.63, 3.8) is 0 Å². The summed E-state index contributed by atoms with van der Waals surface area (Å²) in [5.41, 5.74) is -0.339. The monoisotopic (exact) mass is 388 g/mol. The SMILES string of the molecule is CCc1ccc(OCc2c(OC(=O)OC)cccc2C(F)(F)F)c(Cl)c1. The second kappa shape index (κ2) is 8.31. The first-order chi connectivity index (χ1) is 12.3. The maximum Gasteiger partial charge on any atom is 0.513 e. The van der Waals surface area contributed by atoms with E-state index in [2.05, 4.69) is 4.74 Å². The van der Waals surface area contributed by atoms with E-state index < -0.39 is 24.5 Å². The lowest BCUT2D eigenvalue weighted by molar-refractivity contribution is -0.138. The molecule has 2 aromatic carbocycles. The van der Waals surface area contributed by atoms with Gasteiger partial charge >= 0.3 is 12.3 Å². The molecular formula is C18H16ClF3O4. The average molecular weight is 389 g/mol. The van der Waals surface area contributed by atoms with Crippen LogP contribution in [0.2, 0.25) is 5.02 Å². The number of ether oxygens (including phenoxy) is 3. The molecule has 0 spiro atoms. The summed E-state index contributed by atoms with van der Waals surface area (Å²) in [5.74, 6) is -0.0714. The summed E-state index contributed by atoms with van der Waals surface area (Å²) >= 11 is 6.10. The van der Waals surface area contributed by atoms with Gasteiger partial charge in [0.15, 0.2) is 0 Å². The van der Waals surface area contributed by atoms with E-state index in [4.69, 9.17) is 21.1 Å². The Morgan fingerprint density at radius 1 is 1.15 bits per heavy atom. The fourth-order valence-electron chi connectivity index (χ4n) is 2.24. The zero-order valence-electron chi connectivity index (χ0n) is 14.0. The van der Waals surface area contributed by atoms with Gasteiger partial charge in [-0.05, 0) is 36.2 Å². The molecule has 0 aliphatic rings. The van der Waals surface area contributed by atoms with Gasteiger partial charge in [-0.3, -0.25) is 0 Å². The third-order valence-electron chi connectivity index (χ3n) is 3.57. The lowest BCUT2D eigenvalue weighted by Crippen LogP contribution is -2.15. The van der Waals surface area contributed by atoms with Crippen LogP contribution in [-0.2, 0) is 23.9 Å². The van der Waals surface area contributed by atoms with E-state index in [0.717, 1.165) is 31.2 Å². The lowest BCUT2D eigenvalue weighted by atomic mass is 10.1. The number of benzene rings is 2. The number of carbonyl (C=O) groups excluding carboxylic acids is 1. The number of methoxy groups -OCH3 is 1. The van der Waals surface area contributed by atoms with E-state index in [9.17, 15) is 18.0 Å². The van der Waals surface area contributed by atoms with Crippen molar-refractivity contribution in [3.8, 4) is 11.5 Å². The highest BCUT2D eigenvalue weighted by Gasteiger charge is 2.35. The molecule has 4 nitrogen and oxygen atoms in total. The number of hydrogen-bond acceptors (Lipinski definition) is 4. The fourth-order valence-corrected chi connectivity index (χ4v) is 2.50. The molecule has 0 aliphatic heterocycles. The van der Waals surface area contributed by atoms with E-state index in [1.165, 1.54) is 6.07 Å². The van der Waals surface area contributed by atoms with Gasteiger partial charge in [0.25, 0.3) is 0 Å². The van der Waals surface area contributed by atoms with E-state index in [1.807, 2.05) is 6.92 Å². The largest absolute Gasteiger partial charge is 0.513 e. The van der Waals surface area contributed by atoms with Crippen LogP contribution in [0.5, 0.6) is 11.5 Å². The summed E-state index contributed by atoms with van der Waals surface area (Å²) in [6, 6.07) is 8.27. The molecule has 0 fully saturated rings. The molecule has 8 heteroatoms. The van der Waals surface area contributed by atoms with Crippen LogP contribution in [0.4, 0.5) is 18.0 Å². The molecule has 2 aromatic rings. The van der Waals surface area contributed by atoms with Gasteiger partial charge in [0, 0.05) is 5.56 Å². The second-order valence-electron chi connectivity index (χ2n) is 5.24. The minimum absolute atomic E-state index is 0.227. The van der Waals surface area contributed by atoms with Gasteiger partial charge in [-0.25, -0.2) is 4.79 Å². The zero-order chi connectivity index (χ0) is 19.3. The summed E-state index contributed by atoms with van der Waals surface area (Å²) in [6.45, 7) is 1.45. The van der Waals surface area contributed by atoms with Crippen LogP contribution in [0.3, 0.4) is 0 Å². The van der Waals surface area contributed by atoms with Crippen LogP contribution in [0, 0.1) is 0 Å². The lowest BCUT2D eigenvalue weighted by Gasteiger charge is -2.17. The molecule has 0 amide bonds. The average Bonchev–Trinajstić information content (AvgIpc) is 2.60. The maximum absolute atomic E-state index is 13.3. The van der Waals surface area contributed by atoms with Crippen LogP contribution in [-0.4, -0.2) is 13.3 Å². The van der Waals surface area contributed by atoms with Crippen molar-refractivity contribution in [1.82, 2.24) is 0 Å². The maximum atomic E-state index is 13.3. The van der Waals surface area contributed by atoms with E-state index in [1.54, 1.807) is 18.2 Å². The van der Waals surface area contributed by atoms with Crippen molar-refractivity contribution in [2.45, 2.75) is 26.1 Å². The summed E-state index contributed by atoms with van der Waals surface area (Å²) < 4.78 is 54.5. The van der Waals surface area contributed by atoms with Crippen LogP contribution in [0.25, 0.3) is 0 Å². The smallest absolute Gasteiger partial charge is 0.487 e. The van der Waals surface area contributed by atoms with Crippen LogP contribution < -0.4 is 9.47 Å². The summed E-state index contributed by atoms with van der Waals surface area (Å²) in [4.78, 5) is 11.3. The molecule has 0 unspecified atom stereocenters. The molecule has 0 saturated heterocycles. The highest BCUT2D eigenvalue weighted by Crippen LogP contribution is 2.37. The Bertz CT molecular complexity index is 790. The first-order valence-electron chi connectivity index (χ1n) is 7.62. The van der Waals surface area contributed by atoms with Crippen molar-refractivity contribution in [2.75, 3.05) is 7.11 Å². The van der Waals surface area contributed by atoms with Crippen molar-refractivity contribution in [1.29, 1.82) is 0 Å². The van der Waals surface area contributed by atoms with Gasteiger partial charge in [-0.2, -0.15) is 13.2 Å². The van der Waals surface area contributed by atoms with Crippen LogP contribution >= 0.6 is 11.6 Å². The second-order valence-corrected chi connectivity index (χ2v) is 5.65. The Hall–Kier alpha value is -2.41. The number of carbonyl (C=O) groups is 1. The number of hydrogen-bond donors (Lipinski definition) is 0. The number of alkyl halides is 3. The number of halogens is 4. The molecule has 0 aliphatic carbocycles. The normalized spacial score (nSPS) is 11.2. The van der Waals surface area contributed by atoms with Gasteiger partial charge in [0.05, 0.1) is 17.7 Å². The van der Waals surface area contributed by atoms with Crippen molar-refractivity contribution < 1.29 is 32.2 Å². The molecule has 2 rings (SSSR count). The predicted molar refractivity (Wildman–Crippen MR) is 89.6 cm³/mol. The fraction of sp³-hybridized carbons (Fsp3) is 0.278. The van der Waals surface area contributed by atoms with E-state index in [-0.39, 0.29) is 22.1 Å². The minimum Gasteiger partial charge on any atom is -0.487 e. The third-order valence-corrected chi connectivity index (χ3v) is 3.87. The van der Waals surface area contributed by atoms with E-state index >= 15 is 0 Å². The molecular weight excluding hydrogens is 373 g/mol.